The summed E-state index contributed by atoms with van der Waals surface area (Å²) in [5.41, 5.74) is 0. The molecule has 0 radical (unpaired) electrons. The van der Waals surface area contributed by atoms with Crippen molar-refractivity contribution in [3.63, 3.8) is 0 Å². The smallest absolute Gasteiger partial charge is 0.0902 e. The predicted molar refractivity (Wildman–Crippen MR) is 33.5 cm³/mol. The van der Waals surface area contributed by atoms with Gasteiger partial charge in [-0.15, -0.1) is 0 Å². The van der Waals surface area contributed by atoms with Crippen LogP contribution in [0.15, 0.2) is 24.3 Å². The molecular formula is C7H10O. The van der Waals surface area contributed by atoms with Gasteiger partial charge < -0.3 is 5.11 Å². The highest BCUT2D eigenvalue weighted by Gasteiger charge is 1.92. The molecule has 1 aliphatic carbocycles. The Balaban J connectivity index is 2.51. The van der Waals surface area contributed by atoms with Gasteiger partial charge in [-0.1, -0.05) is 24.3 Å². The van der Waals surface area contributed by atoms with Crippen molar-refractivity contribution in [1.82, 2.24) is 0 Å². The van der Waals surface area contributed by atoms with E-state index < -0.39 is 0 Å². The van der Waals surface area contributed by atoms with Crippen molar-refractivity contribution in [3.8, 4) is 0 Å². The summed E-state index contributed by atoms with van der Waals surface area (Å²) in [5.74, 6) is 0. The fourth-order valence-electron chi connectivity index (χ4n) is 0.728. The Bertz CT molecular complexity index is 99.6. The molecule has 1 N–H and O–H groups in total. The Kier molecular flexibility index (Phi) is 1.86. The van der Waals surface area contributed by atoms with E-state index in [2.05, 4.69) is 0 Å². The number of hydrogen-bond acceptors (Lipinski definition) is 1. The summed E-state index contributed by atoms with van der Waals surface area (Å²) in [4.78, 5) is 0. The van der Waals surface area contributed by atoms with Crippen LogP contribution < -0.4 is 0 Å². The molecule has 1 rings (SSSR count). The largest absolute Gasteiger partial charge is 0.385 e. The molecule has 0 unspecified atom stereocenters. The van der Waals surface area contributed by atoms with E-state index in [-0.39, 0.29) is 6.10 Å². The summed E-state index contributed by atoms with van der Waals surface area (Å²) >= 11 is 0. The lowest BCUT2D eigenvalue weighted by molar-refractivity contribution is 0.271. The van der Waals surface area contributed by atoms with Gasteiger partial charge in [0.2, 0.25) is 0 Å². The maximum Gasteiger partial charge on any atom is 0.0902 e. The van der Waals surface area contributed by atoms with E-state index >= 15 is 0 Å². The Morgan fingerprint density at radius 3 is 2.12 bits per heavy atom. The molecule has 0 aromatic heterocycles. The molecule has 0 atom stereocenters. The molecule has 0 heterocycles. The van der Waals surface area contributed by atoms with Gasteiger partial charge in [-0.3, -0.25) is 0 Å². The molecule has 0 bridgehead atoms. The molecule has 1 nitrogen and oxygen atoms in total. The quantitative estimate of drug-likeness (QED) is 0.465. The standard InChI is InChI=1S/C7H10O/c8-7-5-3-1-2-4-6-7/h3-8H,1-2H2. The fraction of sp³-hybridized carbons (Fsp3) is 0.429. The minimum Gasteiger partial charge on any atom is -0.385 e. The van der Waals surface area contributed by atoms with Gasteiger partial charge in [0.25, 0.3) is 0 Å². The maximum absolute atomic E-state index is 8.92. The van der Waals surface area contributed by atoms with Crippen LogP contribution in [-0.2, 0) is 0 Å². The van der Waals surface area contributed by atoms with Crippen LogP contribution in [0.1, 0.15) is 12.8 Å². The molecule has 8 heavy (non-hydrogen) atoms. The van der Waals surface area contributed by atoms with Crippen molar-refractivity contribution in [1.29, 1.82) is 0 Å². The molecule has 0 saturated carbocycles. The van der Waals surface area contributed by atoms with E-state index in [0.717, 1.165) is 12.8 Å². The first-order valence-corrected chi connectivity index (χ1v) is 2.91. The first-order valence-electron chi connectivity index (χ1n) is 2.91. The molecular weight excluding hydrogens is 100 g/mol. The third-order valence-electron chi connectivity index (χ3n) is 1.17. The van der Waals surface area contributed by atoms with E-state index in [1.54, 1.807) is 0 Å². The van der Waals surface area contributed by atoms with Crippen molar-refractivity contribution in [2.45, 2.75) is 18.9 Å². The lowest BCUT2D eigenvalue weighted by Gasteiger charge is -1.90. The van der Waals surface area contributed by atoms with Crippen LogP contribution in [0.5, 0.6) is 0 Å². The molecule has 44 valence electrons. The third-order valence-corrected chi connectivity index (χ3v) is 1.17. The molecule has 0 aromatic rings. The average Bonchev–Trinajstić information content (AvgIpc) is 1.94. The van der Waals surface area contributed by atoms with Crippen LogP contribution >= 0.6 is 0 Å². The van der Waals surface area contributed by atoms with Gasteiger partial charge >= 0.3 is 0 Å². The van der Waals surface area contributed by atoms with E-state index in [1.807, 2.05) is 24.3 Å². The number of rotatable bonds is 0. The van der Waals surface area contributed by atoms with Gasteiger partial charge in [-0.05, 0) is 12.8 Å². The van der Waals surface area contributed by atoms with Crippen LogP contribution in [0.2, 0.25) is 0 Å². The van der Waals surface area contributed by atoms with Gasteiger partial charge in [0.1, 0.15) is 0 Å². The highest BCUT2D eigenvalue weighted by atomic mass is 16.3. The van der Waals surface area contributed by atoms with Crippen LogP contribution in [-0.4, -0.2) is 11.2 Å². The van der Waals surface area contributed by atoms with Crippen molar-refractivity contribution in [3.05, 3.63) is 24.3 Å². The third kappa shape index (κ3) is 1.51. The average molecular weight is 110 g/mol. The van der Waals surface area contributed by atoms with Gasteiger partial charge in [-0.25, -0.2) is 0 Å². The SMILES string of the molecule is OC1C=CCCC=C1. The second-order valence-corrected chi connectivity index (χ2v) is 1.92. The molecule has 0 spiro atoms. The van der Waals surface area contributed by atoms with E-state index in [9.17, 15) is 0 Å². The second kappa shape index (κ2) is 2.68. The van der Waals surface area contributed by atoms with Crippen LogP contribution in [0, 0.1) is 0 Å². The zero-order valence-corrected chi connectivity index (χ0v) is 4.75. The Morgan fingerprint density at radius 1 is 1.12 bits per heavy atom. The van der Waals surface area contributed by atoms with Gasteiger partial charge in [0.15, 0.2) is 0 Å². The number of hydrogen-bond donors (Lipinski definition) is 1. The Morgan fingerprint density at radius 2 is 1.62 bits per heavy atom. The first-order chi connectivity index (χ1) is 3.89. The lowest BCUT2D eigenvalue weighted by Crippen LogP contribution is -1.93. The normalized spacial score (nSPS) is 21.1. The van der Waals surface area contributed by atoms with E-state index in [0.29, 0.717) is 0 Å². The Hall–Kier alpha value is -0.560. The topological polar surface area (TPSA) is 20.2 Å². The molecule has 1 aliphatic rings. The fourth-order valence-corrected chi connectivity index (χ4v) is 0.728. The van der Waals surface area contributed by atoms with Crippen molar-refractivity contribution >= 4 is 0 Å². The second-order valence-electron chi connectivity index (χ2n) is 1.92. The van der Waals surface area contributed by atoms with Crippen LogP contribution in [0.3, 0.4) is 0 Å². The summed E-state index contributed by atoms with van der Waals surface area (Å²) in [7, 11) is 0. The minimum atomic E-state index is -0.336. The van der Waals surface area contributed by atoms with Crippen molar-refractivity contribution in [2.75, 3.05) is 0 Å². The van der Waals surface area contributed by atoms with Crippen LogP contribution in [0.25, 0.3) is 0 Å². The predicted octanol–water partition coefficient (Wildman–Crippen LogP) is 1.25. The lowest BCUT2D eigenvalue weighted by atomic mass is 10.3. The first kappa shape index (κ1) is 5.57. The Labute approximate surface area is 49.3 Å². The number of allylic oxidation sites excluding steroid dienone is 2. The zero-order valence-electron chi connectivity index (χ0n) is 4.75. The van der Waals surface area contributed by atoms with Crippen molar-refractivity contribution < 1.29 is 5.11 Å². The molecule has 0 aromatic carbocycles. The monoisotopic (exact) mass is 110 g/mol. The minimum absolute atomic E-state index is 0.336. The molecule has 0 saturated heterocycles. The maximum atomic E-state index is 8.92. The van der Waals surface area contributed by atoms with Gasteiger partial charge in [-0.2, -0.15) is 0 Å². The van der Waals surface area contributed by atoms with Gasteiger partial charge in [0, 0.05) is 0 Å². The summed E-state index contributed by atoms with van der Waals surface area (Å²) in [6, 6.07) is 0. The number of aliphatic hydroxyl groups is 1. The molecule has 1 heteroatoms. The van der Waals surface area contributed by atoms with E-state index in [4.69, 9.17) is 5.11 Å². The van der Waals surface area contributed by atoms with Crippen molar-refractivity contribution in [2.24, 2.45) is 0 Å². The van der Waals surface area contributed by atoms with Crippen LogP contribution in [0.4, 0.5) is 0 Å². The molecule has 0 aliphatic heterocycles. The summed E-state index contributed by atoms with van der Waals surface area (Å²) < 4.78 is 0. The number of aliphatic hydroxyl groups excluding tert-OH is 1. The molecule has 0 fully saturated rings. The summed E-state index contributed by atoms with van der Waals surface area (Å²) in [6.07, 6.45) is 9.42. The summed E-state index contributed by atoms with van der Waals surface area (Å²) in [5, 5.41) is 8.92. The van der Waals surface area contributed by atoms with Gasteiger partial charge in [0.05, 0.1) is 6.10 Å². The molecule has 0 amide bonds. The highest BCUT2D eigenvalue weighted by molar-refractivity contribution is 5.05. The zero-order chi connectivity index (χ0) is 5.82. The summed E-state index contributed by atoms with van der Waals surface area (Å²) in [6.45, 7) is 0. The van der Waals surface area contributed by atoms with E-state index in [1.165, 1.54) is 0 Å². The highest BCUT2D eigenvalue weighted by Crippen LogP contribution is 2.01.